The molecule has 1 N–H and O–H groups in total. The molecule has 0 radical (unpaired) electrons. The van der Waals surface area contributed by atoms with Crippen molar-refractivity contribution in [3.05, 3.63) is 34.4 Å². The third-order valence-corrected chi connectivity index (χ3v) is 5.31. The first-order chi connectivity index (χ1) is 11.9. The molecule has 1 saturated carbocycles. The van der Waals surface area contributed by atoms with Crippen LogP contribution in [0.5, 0.6) is 0 Å². The quantitative estimate of drug-likeness (QED) is 0.644. The van der Waals surface area contributed by atoms with E-state index in [1.54, 1.807) is 23.1 Å². The maximum absolute atomic E-state index is 12.5. The van der Waals surface area contributed by atoms with Gasteiger partial charge in [0.25, 0.3) is 5.69 Å². The molecule has 2 aliphatic rings. The summed E-state index contributed by atoms with van der Waals surface area (Å²) in [4.78, 5) is 38.2. The number of aliphatic carboxylic acids is 1. The van der Waals surface area contributed by atoms with E-state index >= 15 is 0 Å². The van der Waals surface area contributed by atoms with Gasteiger partial charge in [-0.3, -0.25) is 19.7 Å². The first kappa shape index (κ1) is 17.2. The zero-order chi connectivity index (χ0) is 18.0. The number of rotatable bonds is 5. The number of benzene rings is 1. The number of piperazine rings is 1. The van der Waals surface area contributed by atoms with Crippen LogP contribution in [-0.4, -0.2) is 53.0 Å². The van der Waals surface area contributed by atoms with E-state index in [0.717, 1.165) is 6.42 Å². The molecule has 1 aliphatic heterocycles. The number of nitro groups is 1. The van der Waals surface area contributed by atoms with Crippen molar-refractivity contribution in [2.75, 3.05) is 31.1 Å². The summed E-state index contributed by atoms with van der Waals surface area (Å²) in [7, 11) is 0. The predicted octanol–water partition coefficient (Wildman–Crippen LogP) is 1.89. The Morgan fingerprint density at radius 2 is 1.80 bits per heavy atom. The number of nitrogens with zero attached hydrogens (tertiary/aromatic N) is 3. The molecule has 8 heteroatoms. The Bertz CT molecular complexity index is 693. The van der Waals surface area contributed by atoms with Crippen LogP contribution in [0.15, 0.2) is 24.3 Å². The smallest absolute Gasteiger partial charge is 0.310 e. The van der Waals surface area contributed by atoms with Gasteiger partial charge in [0.2, 0.25) is 5.91 Å². The molecule has 1 aromatic rings. The normalized spacial score (nSPS) is 19.2. The van der Waals surface area contributed by atoms with Crippen LogP contribution in [-0.2, 0) is 9.59 Å². The van der Waals surface area contributed by atoms with E-state index in [2.05, 4.69) is 0 Å². The monoisotopic (exact) mass is 347 g/mol. The van der Waals surface area contributed by atoms with Gasteiger partial charge >= 0.3 is 5.97 Å². The topological polar surface area (TPSA) is 104 Å². The van der Waals surface area contributed by atoms with Crippen molar-refractivity contribution in [3.63, 3.8) is 0 Å². The van der Waals surface area contributed by atoms with Crippen LogP contribution in [0.2, 0.25) is 0 Å². The van der Waals surface area contributed by atoms with E-state index in [0.29, 0.717) is 44.7 Å². The first-order valence-corrected chi connectivity index (χ1v) is 8.42. The van der Waals surface area contributed by atoms with Gasteiger partial charge in [0.1, 0.15) is 5.69 Å². The lowest BCUT2D eigenvalue weighted by molar-refractivity contribution is -0.384. The van der Waals surface area contributed by atoms with Gasteiger partial charge in [0.15, 0.2) is 0 Å². The van der Waals surface area contributed by atoms with Crippen molar-refractivity contribution < 1.29 is 19.6 Å². The number of carbonyl (C=O) groups is 2. The van der Waals surface area contributed by atoms with Gasteiger partial charge in [-0.15, -0.1) is 0 Å². The van der Waals surface area contributed by atoms with Gasteiger partial charge in [0, 0.05) is 38.7 Å². The Kier molecular flexibility index (Phi) is 4.61. The maximum atomic E-state index is 12.5. The summed E-state index contributed by atoms with van der Waals surface area (Å²) in [5, 5.41) is 20.5. The summed E-state index contributed by atoms with van der Waals surface area (Å²) >= 11 is 0. The third kappa shape index (κ3) is 3.29. The Labute approximate surface area is 145 Å². The van der Waals surface area contributed by atoms with E-state index in [-0.39, 0.29) is 18.0 Å². The molecule has 134 valence electrons. The van der Waals surface area contributed by atoms with Gasteiger partial charge < -0.3 is 14.9 Å². The van der Waals surface area contributed by atoms with Crippen molar-refractivity contribution in [3.8, 4) is 0 Å². The van der Waals surface area contributed by atoms with Crippen molar-refractivity contribution in [1.29, 1.82) is 0 Å². The molecule has 1 saturated heterocycles. The molecule has 0 bridgehead atoms. The van der Waals surface area contributed by atoms with Crippen molar-refractivity contribution in [2.24, 2.45) is 5.41 Å². The highest BCUT2D eigenvalue weighted by atomic mass is 16.6. The number of hydrogen-bond acceptors (Lipinski definition) is 5. The zero-order valence-electron chi connectivity index (χ0n) is 13.9. The number of carbonyl (C=O) groups excluding carboxylic acids is 1. The molecule has 8 nitrogen and oxygen atoms in total. The standard InChI is InChI=1S/C17H21N3O5/c21-15(12-17(16(22)23)6-3-7-17)19-10-8-18(9-11-19)13-4-1-2-5-14(13)20(24)25/h1-2,4-5H,3,6-12H2,(H,22,23). The highest BCUT2D eigenvalue weighted by Gasteiger charge is 2.46. The fourth-order valence-corrected chi connectivity index (χ4v) is 3.55. The molecule has 1 heterocycles. The van der Waals surface area contributed by atoms with Gasteiger partial charge in [-0.2, -0.15) is 0 Å². The molecule has 25 heavy (non-hydrogen) atoms. The number of carboxylic acids is 1. The fraction of sp³-hybridized carbons (Fsp3) is 0.529. The summed E-state index contributed by atoms with van der Waals surface area (Å²) in [6.07, 6.45) is 2.02. The highest BCUT2D eigenvalue weighted by Crippen LogP contribution is 2.44. The second-order valence-electron chi connectivity index (χ2n) is 6.73. The Morgan fingerprint density at radius 3 is 2.32 bits per heavy atom. The van der Waals surface area contributed by atoms with Crippen molar-refractivity contribution in [1.82, 2.24) is 4.90 Å². The summed E-state index contributed by atoms with van der Waals surface area (Å²) in [6, 6.07) is 6.57. The molecule has 3 rings (SSSR count). The maximum Gasteiger partial charge on any atom is 0.310 e. The molecule has 0 unspecified atom stereocenters. The van der Waals surface area contributed by atoms with E-state index in [1.165, 1.54) is 6.07 Å². The van der Waals surface area contributed by atoms with E-state index < -0.39 is 16.3 Å². The highest BCUT2D eigenvalue weighted by molar-refractivity contribution is 5.86. The fourth-order valence-electron chi connectivity index (χ4n) is 3.55. The molecule has 0 atom stereocenters. The lowest BCUT2D eigenvalue weighted by Gasteiger charge is -2.40. The second kappa shape index (κ2) is 6.70. The molecule has 0 spiro atoms. The molecule has 0 aromatic heterocycles. The molecule has 1 aromatic carbocycles. The van der Waals surface area contributed by atoms with Crippen LogP contribution in [0.4, 0.5) is 11.4 Å². The van der Waals surface area contributed by atoms with Gasteiger partial charge in [-0.25, -0.2) is 0 Å². The number of para-hydroxylation sites is 2. The number of nitro benzene ring substituents is 1. The van der Waals surface area contributed by atoms with Crippen molar-refractivity contribution in [2.45, 2.75) is 25.7 Å². The minimum Gasteiger partial charge on any atom is -0.481 e. The van der Waals surface area contributed by atoms with Crippen LogP contribution in [0.3, 0.4) is 0 Å². The van der Waals surface area contributed by atoms with Gasteiger partial charge in [-0.05, 0) is 18.9 Å². The number of anilines is 1. The lowest BCUT2D eigenvalue weighted by Crippen LogP contribution is -2.51. The summed E-state index contributed by atoms with van der Waals surface area (Å²) in [6.45, 7) is 1.88. The average Bonchev–Trinajstić information content (AvgIpc) is 2.57. The third-order valence-electron chi connectivity index (χ3n) is 5.31. The van der Waals surface area contributed by atoms with Crippen molar-refractivity contribution >= 4 is 23.3 Å². The summed E-state index contributed by atoms with van der Waals surface area (Å²) in [5.41, 5.74) is -0.269. The lowest BCUT2D eigenvalue weighted by atomic mass is 9.66. The number of carboxylic acid groups (broad SMARTS) is 1. The number of hydrogen-bond donors (Lipinski definition) is 1. The Hall–Kier alpha value is -2.64. The molecule has 2 fully saturated rings. The van der Waals surface area contributed by atoms with Crippen LogP contribution < -0.4 is 4.90 Å². The Morgan fingerprint density at radius 1 is 1.16 bits per heavy atom. The van der Waals surface area contributed by atoms with E-state index in [4.69, 9.17) is 0 Å². The molecular weight excluding hydrogens is 326 g/mol. The van der Waals surface area contributed by atoms with E-state index in [9.17, 15) is 24.8 Å². The van der Waals surface area contributed by atoms with Gasteiger partial charge in [0.05, 0.1) is 10.3 Å². The Balaban J connectivity index is 1.62. The van der Waals surface area contributed by atoms with Crippen LogP contribution in [0, 0.1) is 15.5 Å². The SMILES string of the molecule is O=C(CC1(C(=O)O)CCC1)N1CCN(c2ccccc2[N+](=O)[O-])CC1. The first-order valence-electron chi connectivity index (χ1n) is 8.42. The minimum atomic E-state index is -0.884. The average molecular weight is 347 g/mol. The van der Waals surface area contributed by atoms with Gasteiger partial charge in [-0.1, -0.05) is 18.6 Å². The largest absolute Gasteiger partial charge is 0.481 e. The summed E-state index contributed by atoms with van der Waals surface area (Å²) in [5.74, 6) is -1.02. The van der Waals surface area contributed by atoms with E-state index in [1.807, 2.05) is 4.90 Å². The molecular formula is C17H21N3O5. The second-order valence-corrected chi connectivity index (χ2v) is 6.73. The van der Waals surface area contributed by atoms with Crippen LogP contribution >= 0.6 is 0 Å². The molecule has 1 aliphatic carbocycles. The predicted molar refractivity (Wildman–Crippen MR) is 90.4 cm³/mol. The minimum absolute atomic E-state index is 0.0494. The summed E-state index contributed by atoms with van der Waals surface area (Å²) < 4.78 is 0. The van der Waals surface area contributed by atoms with Crippen LogP contribution in [0.1, 0.15) is 25.7 Å². The molecule has 1 amide bonds. The zero-order valence-corrected chi connectivity index (χ0v) is 13.9. The van der Waals surface area contributed by atoms with Crippen LogP contribution in [0.25, 0.3) is 0 Å². The number of amides is 1.